The number of alkyl halides is 2. The SMILES string of the molecule is CC(NC(=O)C1(c2ccccc2)CC1(Cl)Cl)c1ccc(Cl)cc1. The molecule has 1 aliphatic carbocycles. The van der Waals surface area contributed by atoms with Gasteiger partial charge in [0.05, 0.1) is 6.04 Å². The first kappa shape index (κ1) is 16.6. The zero-order chi connectivity index (χ0) is 16.7. The number of benzene rings is 2. The van der Waals surface area contributed by atoms with Crippen LogP contribution in [-0.4, -0.2) is 10.2 Å². The van der Waals surface area contributed by atoms with Gasteiger partial charge in [0.25, 0.3) is 0 Å². The van der Waals surface area contributed by atoms with Gasteiger partial charge in [-0.2, -0.15) is 0 Å². The largest absolute Gasteiger partial charge is 0.349 e. The summed E-state index contributed by atoms with van der Waals surface area (Å²) in [7, 11) is 0. The van der Waals surface area contributed by atoms with Crippen molar-refractivity contribution >= 4 is 40.7 Å². The van der Waals surface area contributed by atoms with Gasteiger partial charge in [0.2, 0.25) is 5.91 Å². The van der Waals surface area contributed by atoms with Crippen molar-refractivity contribution in [3.05, 3.63) is 70.7 Å². The summed E-state index contributed by atoms with van der Waals surface area (Å²) in [5, 5.41) is 3.68. The van der Waals surface area contributed by atoms with Gasteiger partial charge in [0.1, 0.15) is 9.75 Å². The van der Waals surface area contributed by atoms with Crippen LogP contribution in [0.2, 0.25) is 5.02 Å². The Labute approximate surface area is 150 Å². The predicted molar refractivity (Wildman–Crippen MR) is 95.2 cm³/mol. The van der Waals surface area contributed by atoms with E-state index < -0.39 is 9.75 Å². The van der Waals surface area contributed by atoms with Gasteiger partial charge in [-0.05, 0) is 30.2 Å². The average molecular weight is 369 g/mol. The van der Waals surface area contributed by atoms with E-state index in [-0.39, 0.29) is 11.9 Å². The Morgan fingerprint density at radius 1 is 1.09 bits per heavy atom. The van der Waals surface area contributed by atoms with E-state index >= 15 is 0 Å². The molecule has 2 atom stereocenters. The molecule has 0 spiro atoms. The van der Waals surface area contributed by atoms with Crippen molar-refractivity contribution < 1.29 is 4.79 Å². The minimum absolute atomic E-state index is 0.156. The maximum Gasteiger partial charge on any atom is 0.234 e. The van der Waals surface area contributed by atoms with Crippen molar-refractivity contribution in [1.29, 1.82) is 0 Å². The molecule has 1 N–H and O–H groups in total. The highest BCUT2D eigenvalue weighted by molar-refractivity contribution is 6.54. The lowest BCUT2D eigenvalue weighted by atomic mass is 9.94. The summed E-state index contributed by atoms with van der Waals surface area (Å²) in [6.45, 7) is 1.92. The van der Waals surface area contributed by atoms with Crippen LogP contribution < -0.4 is 5.32 Å². The van der Waals surface area contributed by atoms with Crippen molar-refractivity contribution in [2.45, 2.75) is 29.1 Å². The fourth-order valence-corrected chi connectivity index (χ4v) is 3.77. The molecule has 0 aromatic heterocycles. The molecule has 1 aliphatic rings. The molecular formula is C18H16Cl3NO. The van der Waals surface area contributed by atoms with Gasteiger partial charge in [-0.15, -0.1) is 23.2 Å². The van der Waals surface area contributed by atoms with Crippen molar-refractivity contribution in [3.8, 4) is 0 Å². The fourth-order valence-electron chi connectivity index (χ4n) is 2.86. The van der Waals surface area contributed by atoms with E-state index in [1.165, 1.54) is 0 Å². The lowest BCUT2D eigenvalue weighted by molar-refractivity contribution is -0.124. The molecule has 2 unspecified atom stereocenters. The number of halogens is 3. The molecule has 1 saturated carbocycles. The number of carbonyl (C=O) groups excluding carboxylic acids is 1. The molecule has 23 heavy (non-hydrogen) atoms. The van der Waals surface area contributed by atoms with Crippen molar-refractivity contribution in [3.63, 3.8) is 0 Å². The Morgan fingerprint density at radius 3 is 2.17 bits per heavy atom. The predicted octanol–water partition coefficient (Wildman–Crippen LogP) is 5.03. The zero-order valence-corrected chi connectivity index (χ0v) is 14.8. The first-order valence-corrected chi connectivity index (χ1v) is 8.50. The Bertz CT molecular complexity index is 715. The molecule has 1 fully saturated rings. The zero-order valence-electron chi connectivity index (χ0n) is 12.5. The van der Waals surface area contributed by atoms with Crippen LogP contribution in [0, 0.1) is 0 Å². The van der Waals surface area contributed by atoms with Crippen LogP contribution in [0.1, 0.15) is 30.5 Å². The standard InChI is InChI=1S/C18H16Cl3NO/c1-12(13-7-9-15(19)10-8-13)22-16(23)17(11-18(17,20)21)14-5-3-2-4-6-14/h2-10,12H,11H2,1H3,(H,22,23). The first-order chi connectivity index (χ1) is 10.9. The molecule has 2 nitrogen and oxygen atoms in total. The monoisotopic (exact) mass is 367 g/mol. The van der Waals surface area contributed by atoms with Gasteiger partial charge in [-0.3, -0.25) is 4.79 Å². The Kier molecular flexibility index (Phi) is 4.35. The topological polar surface area (TPSA) is 29.1 Å². The summed E-state index contributed by atoms with van der Waals surface area (Å²) in [4.78, 5) is 12.9. The molecule has 2 aromatic rings. The summed E-state index contributed by atoms with van der Waals surface area (Å²) < 4.78 is -1.07. The summed E-state index contributed by atoms with van der Waals surface area (Å²) in [6.07, 6.45) is 0.409. The van der Waals surface area contributed by atoms with Crippen LogP contribution in [0.15, 0.2) is 54.6 Å². The Balaban J connectivity index is 1.83. The number of carbonyl (C=O) groups is 1. The van der Waals surface area contributed by atoms with E-state index in [4.69, 9.17) is 34.8 Å². The highest BCUT2D eigenvalue weighted by Gasteiger charge is 2.72. The van der Waals surface area contributed by atoms with Crippen molar-refractivity contribution in [2.75, 3.05) is 0 Å². The highest BCUT2D eigenvalue weighted by Crippen LogP contribution is 2.65. The van der Waals surface area contributed by atoms with Crippen LogP contribution >= 0.6 is 34.8 Å². The van der Waals surface area contributed by atoms with Gasteiger partial charge in [-0.25, -0.2) is 0 Å². The number of hydrogen-bond acceptors (Lipinski definition) is 1. The van der Waals surface area contributed by atoms with E-state index in [1.54, 1.807) is 12.1 Å². The van der Waals surface area contributed by atoms with Crippen LogP contribution in [0.3, 0.4) is 0 Å². The normalized spacial score (nSPS) is 23.1. The second-order valence-corrected chi connectivity index (χ2v) is 7.82. The maximum atomic E-state index is 12.9. The van der Waals surface area contributed by atoms with Crippen molar-refractivity contribution in [2.24, 2.45) is 0 Å². The van der Waals surface area contributed by atoms with Crippen molar-refractivity contribution in [1.82, 2.24) is 5.32 Å². The second kappa shape index (κ2) is 6.01. The molecule has 0 heterocycles. The maximum absolute atomic E-state index is 12.9. The molecule has 3 rings (SSSR count). The Hall–Kier alpha value is -1.22. The van der Waals surface area contributed by atoms with E-state index in [2.05, 4.69) is 5.32 Å². The minimum atomic E-state index is -1.07. The third-order valence-electron chi connectivity index (χ3n) is 4.36. The van der Waals surface area contributed by atoms with E-state index in [9.17, 15) is 4.79 Å². The molecule has 0 saturated heterocycles. The molecule has 5 heteroatoms. The molecular weight excluding hydrogens is 353 g/mol. The van der Waals surface area contributed by atoms with Gasteiger partial charge in [0.15, 0.2) is 0 Å². The van der Waals surface area contributed by atoms with Crippen LogP contribution in [-0.2, 0) is 10.2 Å². The molecule has 120 valence electrons. The lowest BCUT2D eigenvalue weighted by Gasteiger charge is -2.22. The third kappa shape index (κ3) is 2.96. The van der Waals surface area contributed by atoms with E-state index in [0.717, 1.165) is 11.1 Å². The number of hydrogen-bond donors (Lipinski definition) is 1. The minimum Gasteiger partial charge on any atom is -0.349 e. The van der Waals surface area contributed by atoms with Crippen LogP contribution in [0.4, 0.5) is 0 Å². The Morgan fingerprint density at radius 2 is 1.65 bits per heavy atom. The van der Waals surface area contributed by atoms with Crippen LogP contribution in [0.5, 0.6) is 0 Å². The molecule has 0 aliphatic heterocycles. The molecule has 0 bridgehead atoms. The number of nitrogens with one attached hydrogen (secondary N) is 1. The van der Waals surface area contributed by atoms with Gasteiger partial charge in [0, 0.05) is 11.4 Å². The highest BCUT2D eigenvalue weighted by atomic mass is 35.5. The molecule has 1 amide bonds. The number of amides is 1. The summed E-state index contributed by atoms with van der Waals surface area (Å²) >= 11 is 18.6. The smallest absolute Gasteiger partial charge is 0.234 e. The van der Waals surface area contributed by atoms with E-state index in [1.807, 2.05) is 49.4 Å². The molecule has 0 radical (unpaired) electrons. The third-order valence-corrected chi connectivity index (χ3v) is 5.52. The van der Waals surface area contributed by atoms with Crippen LogP contribution in [0.25, 0.3) is 0 Å². The number of rotatable bonds is 4. The summed E-state index contributed by atoms with van der Waals surface area (Å²) in [5.74, 6) is -0.156. The van der Waals surface area contributed by atoms with Gasteiger partial charge >= 0.3 is 0 Å². The summed E-state index contributed by atoms with van der Waals surface area (Å²) in [5.41, 5.74) is 0.921. The first-order valence-electron chi connectivity index (χ1n) is 7.36. The fraction of sp³-hybridized carbons (Fsp3) is 0.278. The van der Waals surface area contributed by atoms with Gasteiger partial charge < -0.3 is 5.32 Å². The quantitative estimate of drug-likeness (QED) is 0.753. The average Bonchev–Trinajstić information content (AvgIpc) is 3.13. The molecule has 2 aromatic carbocycles. The summed E-state index contributed by atoms with van der Waals surface area (Å²) in [6, 6.07) is 16.7. The lowest BCUT2D eigenvalue weighted by Crippen LogP contribution is -2.39. The van der Waals surface area contributed by atoms with E-state index in [0.29, 0.717) is 11.4 Å². The second-order valence-electron chi connectivity index (χ2n) is 5.90. The van der Waals surface area contributed by atoms with Gasteiger partial charge in [-0.1, -0.05) is 54.1 Å².